The zero-order valence-corrected chi connectivity index (χ0v) is 29.7. The highest BCUT2D eigenvalue weighted by atomic mass is 14.9. The Balaban J connectivity index is 1.14. The summed E-state index contributed by atoms with van der Waals surface area (Å²) in [5.41, 5.74) is 15.0. The van der Waals surface area contributed by atoms with Gasteiger partial charge >= 0.3 is 0 Å². The van der Waals surface area contributed by atoms with Crippen molar-refractivity contribution < 1.29 is 0 Å². The molecule has 1 heterocycles. The van der Waals surface area contributed by atoms with Crippen molar-refractivity contribution in [3.8, 4) is 67.3 Å². The molecule has 1 aliphatic carbocycles. The molecule has 0 radical (unpaired) electrons. The fourth-order valence-corrected chi connectivity index (χ4v) is 8.25. The van der Waals surface area contributed by atoms with E-state index in [0.29, 0.717) is 5.82 Å². The lowest BCUT2D eigenvalue weighted by Crippen LogP contribution is -2.14. The third-order valence-electron chi connectivity index (χ3n) is 11.0. The van der Waals surface area contributed by atoms with Crippen LogP contribution < -0.4 is 0 Å². The number of fused-ring (bicyclic) bond motifs is 6. The van der Waals surface area contributed by atoms with Gasteiger partial charge in [0.1, 0.15) is 0 Å². The van der Waals surface area contributed by atoms with Crippen LogP contribution in [0.15, 0.2) is 182 Å². The molecule has 0 aliphatic heterocycles. The molecule has 0 saturated heterocycles. The molecule has 0 N–H and O–H groups in total. The van der Waals surface area contributed by atoms with Crippen LogP contribution in [0.5, 0.6) is 0 Å². The van der Waals surface area contributed by atoms with Crippen molar-refractivity contribution in [3.05, 3.63) is 193 Å². The number of benzene rings is 8. The van der Waals surface area contributed by atoms with Gasteiger partial charge in [-0.25, -0.2) is 9.97 Å². The quantitative estimate of drug-likeness (QED) is 0.170. The molecule has 0 atom stereocenters. The topological polar surface area (TPSA) is 25.8 Å². The minimum Gasteiger partial charge on any atom is -0.228 e. The van der Waals surface area contributed by atoms with E-state index >= 15 is 0 Å². The number of hydrogen-bond donors (Lipinski definition) is 0. The maximum absolute atomic E-state index is 5.32. The SMILES string of the molecule is CC1(C)c2ccccc2-c2cc3ccc4cc(-c5nc(-c6ccccc6)cc(-c6cc(-c7ccccc7)cc(-c7ccccc7)c6)n5)ccc4c3cc21. The minimum absolute atomic E-state index is 0.0530. The Hall–Kier alpha value is -6.64. The Bertz CT molecular complexity index is 2780. The predicted octanol–water partition coefficient (Wildman–Crippen LogP) is 13.4. The molecule has 1 aliphatic rings. The second kappa shape index (κ2) is 12.3. The normalized spacial score (nSPS) is 12.9. The van der Waals surface area contributed by atoms with E-state index in [1.165, 1.54) is 54.9 Å². The van der Waals surface area contributed by atoms with Gasteiger partial charge in [0, 0.05) is 22.1 Å². The first-order chi connectivity index (χ1) is 26.0. The molecule has 2 heteroatoms. The summed E-state index contributed by atoms with van der Waals surface area (Å²) in [4.78, 5) is 10.5. The van der Waals surface area contributed by atoms with Crippen LogP contribution in [0.4, 0.5) is 0 Å². The van der Waals surface area contributed by atoms with Gasteiger partial charge < -0.3 is 0 Å². The van der Waals surface area contributed by atoms with Crippen molar-refractivity contribution in [3.63, 3.8) is 0 Å². The lowest BCUT2D eigenvalue weighted by atomic mass is 9.81. The second-order valence-electron chi connectivity index (χ2n) is 14.7. The van der Waals surface area contributed by atoms with Gasteiger partial charge in [-0.1, -0.05) is 153 Å². The Morgan fingerprint density at radius 3 is 1.55 bits per heavy atom. The third kappa shape index (κ3) is 5.34. The van der Waals surface area contributed by atoms with Crippen molar-refractivity contribution >= 4 is 21.5 Å². The van der Waals surface area contributed by atoms with Crippen molar-refractivity contribution in [2.75, 3.05) is 0 Å². The largest absolute Gasteiger partial charge is 0.228 e. The van der Waals surface area contributed by atoms with Crippen LogP contribution in [-0.4, -0.2) is 9.97 Å². The van der Waals surface area contributed by atoms with E-state index < -0.39 is 0 Å². The average Bonchev–Trinajstić information content (AvgIpc) is 3.45. The predicted molar refractivity (Wildman–Crippen MR) is 222 cm³/mol. The van der Waals surface area contributed by atoms with E-state index in [9.17, 15) is 0 Å². The Kier molecular flexibility index (Phi) is 7.19. The fraction of sp³-hybridized carbons (Fsp3) is 0.0588. The Labute approximate surface area is 310 Å². The van der Waals surface area contributed by atoms with Crippen LogP contribution in [0.2, 0.25) is 0 Å². The first kappa shape index (κ1) is 31.1. The zero-order valence-electron chi connectivity index (χ0n) is 29.7. The number of hydrogen-bond acceptors (Lipinski definition) is 2. The molecule has 9 aromatic rings. The summed E-state index contributed by atoms with van der Waals surface area (Å²) >= 11 is 0. The van der Waals surface area contributed by atoms with Crippen LogP contribution in [0.1, 0.15) is 25.0 Å². The van der Waals surface area contributed by atoms with E-state index in [-0.39, 0.29) is 5.41 Å². The lowest BCUT2D eigenvalue weighted by molar-refractivity contribution is 0.661. The van der Waals surface area contributed by atoms with Crippen LogP contribution >= 0.6 is 0 Å². The van der Waals surface area contributed by atoms with Crippen LogP contribution in [0.25, 0.3) is 88.8 Å². The molecule has 0 unspecified atom stereocenters. The highest BCUT2D eigenvalue weighted by molar-refractivity contribution is 6.10. The van der Waals surface area contributed by atoms with Gasteiger partial charge in [0.15, 0.2) is 5.82 Å². The fourth-order valence-electron chi connectivity index (χ4n) is 8.25. The van der Waals surface area contributed by atoms with Gasteiger partial charge in [0.25, 0.3) is 0 Å². The second-order valence-corrected chi connectivity index (χ2v) is 14.7. The molecule has 0 fully saturated rings. The highest BCUT2D eigenvalue weighted by Crippen LogP contribution is 2.50. The van der Waals surface area contributed by atoms with Crippen LogP contribution in [-0.2, 0) is 5.41 Å². The van der Waals surface area contributed by atoms with E-state index in [0.717, 1.165) is 39.2 Å². The van der Waals surface area contributed by atoms with Crippen molar-refractivity contribution in [1.29, 1.82) is 0 Å². The van der Waals surface area contributed by atoms with Crippen molar-refractivity contribution in [2.24, 2.45) is 0 Å². The smallest absolute Gasteiger partial charge is 0.160 e. The van der Waals surface area contributed by atoms with Crippen LogP contribution in [0.3, 0.4) is 0 Å². The standard InChI is InChI=1S/C51H36N2/c1-51(2)46-21-13-12-20-43(46)45-30-37-23-22-36-26-38(24-25-42(36)44(37)31-47(45)51)50-52-48(35-18-10-5-11-19-35)32-49(53-50)41-28-39(33-14-6-3-7-15-33)27-40(29-41)34-16-8-4-9-17-34/h3-32H,1-2H3. The summed E-state index contributed by atoms with van der Waals surface area (Å²) in [5.74, 6) is 0.709. The van der Waals surface area contributed by atoms with Gasteiger partial charge in [0.2, 0.25) is 0 Å². The molecule has 10 rings (SSSR count). The van der Waals surface area contributed by atoms with E-state index in [1.54, 1.807) is 0 Å². The maximum atomic E-state index is 5.32. The first-order valence-corrected chi connectivity index (χ1v) is 18.3. The summed E-state index contributed by atoms with van der Waals surface area (Å²) in [7, 11) is 0. The summed E-state index contributed by atoms with van der Waals surface area (Å²) in [6.45, 7) is 4.69. The first-order valence-electron chi connectivity index (χ1n) is 18.3. The molecule has 0 saturated carbocycles. The molecule has 2 nitrogen and oxygen atoms in total. The Morgan fingerprint density at radius 2 is 0.887 bits per heavy atom. The third-order valence-corrected chi connectivity index (χ3v) is 11.0. The summed E-state index contributed by atoms with van der Waals surface area (Å²) in [6, 6.07) is 65.4. The lowest BCUT2D eigenvalue weighted by Gasteiger charge is -2.22. The molecule has 53 heavy (non-hydrogen) atoms. The van der Waals surface area contributed by atoms with Gasteiger partial charge in [-0.3, -0.25) is 0 Å². The number of aromatic nitrogens is 2. The van der Waals surface area contributed by atoms with E-state index in [4.69, 9.17) is 9.97 Å². The molecule has 0 amide bonds. The van der Waals surface area contributed by atoms with Crippen molar-refractivity contribution in [2.45, 2.75) is 19.3 Å². The van der Waals surface area contributed by atoms with E-state index in [1.807, 2.05) is 6.07 Å². The number of rotatable bonds is 5. The van der Waals surface area contributed by atoms with Crippen LogP contribution in [0, 0.1) is 0 Å². The van der Waals surface area contributed by atoms with Gasteiger partial charge in [-0.05, 0) is 109 Å². The summed E-state index contributed by atoms with van der Waals surface area (Å²) in [5, 5.41) is 4.95. The molecular formula is C51H36N2. The van der Waals surface area contributed by atoms with Gasteiger partial charge in [-0.2, -0.15) is 0 Å². The molecule has 8 aromatic carbocycles. The maximum Gasteiger partial charge on any atom is 0.160 e. The number of nitrogens with zero attached hydrogens (tertiary/aromatic N) is 2. The minimum atomic E-state index is -0.0530. The summed E-state index contributed by atoms with van der Waals surface area (Å²) < 4.78 is 0. The molecule has 250 valence electrons. The Morgan fingerprint density at radius 1 is 0.340 bits per heavy atom. The molecule has 1 aromatic heterocycles. The average molecular weight is 677 g/mol. The molecule has 0 bridgehead atoms. The highest BCUT2D eigenvalue weighted by Gasteiger charge is 2.35. The van der Waals surface area contributed by atoms with Crippen molar-refractivity contribution in [1.82, 2.24) is 9.97 Å². The molecular weight excluding hydrogens is 641 g/mol. The van der Waals surface area contributed by atoms with Gasteiger partial charge in [-0.15, -0.1) is 0 Å². The monoisotopic (exact) mass is 676 g/mol. The zero-order chi connectivity index (χ0) is 35.5. The summed E-state index contributed by atoms with van der Waals surface area (Å²) in [6.07, 6.45) is 0. The molecule has 0 spiro atoms. The van der Waals surface area contributed by atoms with E-state index in [2.05, 4.69) is 190 Å². The van der Waals surface area contributed by atoms with Gasteiger partial charge in [0.05, 0.1) is 11.4 Å².